The molecule has 1 aliphatic carbocycles. The summed E-state index contributed by atoms with van der Waals surface area (Å²) >= 11 is 0. The van der Waals surface area contributed by atoms with Gasteiger partial charge in [-0.15, -0.1) is 0 Å². The van der Waals surface area contributed by atoms with Gasteiger partial charge in [0.05, 0.1) is 16.4 Å². The van der Waals surface area contributed by atoms with Gasteiger partial charge in [0.1, 0.15) is 5.60 Å². The zero-order valence-electron chi connectivity index (χ0n) is 12.9. The van der Waals surface area contributed by atoms with E-state index in [-0.39, 0.29) is 11.4 Å². The largest absolute Gasteiger partial charge is 0.359 e. The van der Waals surface area contributed by atoms with E-state index in [0.29, 0.717) is 6.42 Å². The molecule has 5 heteroatoms. The normalized spacial score (nSPS) is 39.2. The molecule has 20 heavy (non-hydrogen) atoms. The van der Waals surface area contributed by atoms with Crippen LogP contribution in [0.4, 0.5) is 0 Å². The second kappa shape index (κ2) is 4.00. The number of Topliss-reactive ketones (excluding diaryl/α,β-unsaturated/α-hetero) is 2. The molecule has 0 aromatic carbocycles. The summed E-state index contributed by atoms with van der Waals surface area (Å²) in [6.07, 6.45) is 2.17. The summed E-state index contributed by atoms with van der Waals surface area (Å²) in [7, 11) is 0. The third-order valence-corrected chi connectivity index (χ3v) is 4.66. The van der Waals surface area contributed by atoms with Crippen molar-refractivity contribution in [1.82, 2.24) is 0 Å². The molecule has 0 spiro atoms. The van der Waals surface area contributed by atoms with Crippen molar-refractivity contribution in [2.24, 2.45) is 10.8 Å². The fourth-order valence-corrected chi connectivity index (χ4v) is 2.82. The van der Waals surface area contributed by atoms with Crippen LogP contribution in [0.2, 0.25) is 0 Å². The van der Waals surface area contributed by atoms with Crippen molar-refractivity contribution in [1.29, 1.82) is 0 Å². The Hall–Kier alpha value is -1.04. The van der Waals surface area contributed by atoms with Gasteiger partial charge in [0.2, 0.25) is 5.79 Å². The Bertz CT molecular complexity index is 516. The predicted molar refractivity (Wildman–Crippen MR) is 71.5 cm³/mol. The second-order valence-electron chi connectivity index (χ2n) is 6.94. The van der Waals surface area contributed by atoms with Gasteiger partial charge >= 0.3 is 0 Å². The molecule has 2 aliphatic rings. The van der Waals surface area contributed by atoms with Gasteiger partial charge in [-0.2, -0.15) is 4.89 Å². The van der Waals surface area contributed by atoms with Gasteiger partial charge in [0.15, 0.2) is 11.6 Å². The summed E-state index contributed by atoms with van der Waals surface area (Å²) in [5, 5.41) is 10.8. The third kappa shape index (κ3) is 1.66. The highest BCUT2D eigenvalue weighted by atomic mass is 17.2. The minimum Gasteiger partial charge on any atom is -0.359 e. The molecular weight excluding hydrogens is 260 g/mol. The predicted octanol–water partition coefficient (Wildman–Crippen LogP) is 1.94. The highest BCUT2D eigenvalue weighted by molar-refractivity contribution is 6.19. The number of hydrogen-bond acceptors (Lipinski definition) is 5. The molecule has 0 radical (unpaired) electrons. The van der Waals surface area contributed by atoms with Gasteiger partial charge in [0, 0.05) is 0 Å². The topological polar surface area (TPSA) is 72.8 Å². The van der Waals surface area contributed by atoms with E-state index in [0.717, 1.165) is 0 Å². The number of carbonyl (C=O) groups excluding carboxylic acids is 2. The van der Waals surface area contributed by atoms with Crippen molar-refractivity contribution in [3.8, 4) is 0 Å². The molecule has 5 nitrogen and oxygen atoms in total. The molecule has 0 saturated heterocycles. The fourth-order valence-electron chi connectivity index (χ4n) is 2.82. The van der Waals surface area contributed by atoms with Crippen molar-refractivity contribution in [3.63, 3.8) is 0 Å². The van der Waals surface area contributed by atoms with Crippen LogP contribution in [-0.4, -0.2) is 28.1 Å². The molecule has 0 amide bonds. The van der Waals surface area contributed by atoms with E-state index < -0.39 is 28.0 Å². The molecule has 0 aromatic heterocycles. The summed E-state index contributed by atoms with van der Waals surface area (Å²) in [4.78, 5) is 35.6. The SMILES string of the molecule is CC[C@@]1(C)C=C2C(=O)C(C)(C)C(=O)C(C)(C)[C@]2(O)OO1. The van der Waals surface area contributed by atoms with E-state index in [1.54, 1.807) is 40.7 Å². The number of carbonyl (C=O) groups is 2. The Morgan fingerprint density at radius 2 is 1.65 bits per heavy atom. The summed E-state index contributed by atoms with van der Waals surface area (Å²) in [6, 6.07) is 0. The molecule has 0 bridgehead atoms. The number of ketones is 2. The number of hydrogen-bond donors (Lipinski definition) is 1. The average Bonchev–Trinajstić information content (AvgIpc) is 2.38. The number of aliphatic hydroxyl groups is 1. The van der Waals surface area contributed by atoms with Gasteiger partial charge < -0.3 is 5.11 Å². The first-order chi connectivity index (χ1) is 8.92. The molecule has 1 heterocycles. The van der Waals surface area contributed by atoms with Crippen LogP contribution < -0.4 is 0 Å². The van der Waals surface area contributed by atoms with E-state index in [4.69, 9.17) is 9.78 Å². The fraction of sp³-hybridized carbons (Fsp3) is 0.733. The molecule has 1 fully saturated rings. The lowest BCUT2D eigenvalue weighted by Crippen LogP contribution is -2.66. The smallest absolute Gasteiger partial charge is 0.240 e. The van der Waals surface area contributed by atoms with E-state index in [9.17, 15) is 14.7 Å². The van der Waals surface area contributed by atoms with Crippen LogP contribution in [0.15, 0.2) is 11.6 Å². The molecule has 0 aromatic rings. The van der Waals surface area contributed by atoms with Crippen LogP contribution in [0.3, 0.4) is 0 Å². The van der Waals surface area contributed by atoms with Gasteiger partial charge in [-0.3, -0.25) is 9.59 Å². The maximum absolute atomic E-state index is 12.6. The molecule has 1 saturated carbocycles. The Balaban J connectivity index is 2.69. The molecule has 2 atom stereocenters. The van der Waals surface area contributed by atoms with Gasteiger partial charge in [-0.05, 0) is 47.1 Å². The first-order valence-electron chi connectivity index (χ1n) is 6.84. The Kier molecular flexibility index (Phi) is 3.07. The average molecular weight is 282 g/mol. The lowest BCUT2D eigenvalue weighted by Gasteiger charge is -2.52. The van der Waals surface area contributed by atoms with Crippen LogP contribution in [0.1, 0.15) is 48.0 Å². The first-order valence-corrected chi connectivity index (χ1v) is 6.84. The highest BCUT2D eigenvalue weighted by Gasteiger charge is 2.67. The van der Waals surface area contributed by atoms with Crippen LogP contribution in [0, 0.1) is 10.8 Å². The molecule has 0 unspecified atom stereocenters. The van der Waals surface area contributed by atoms with Crippen molar-refractivity contribution >= 4 is 11.6 Å². The minimum absolute atomic E-state index is 0.114. The number of rotatable bonds is 1. The van der Waals surface area contributed by atoms with Crippen molar-refractivity contribution in [3.05, 3.63) is 11.6 Å². The maximum Gasteiger partial charge on any atom is 0.240 e. The summed E-state index contributed by atoms with van der Waals surface area (Å²) in [6.45, 7) is 9.95. The van der Waals surface area contributed by atoms with Gasteiger partial charge in [-0.1, -0.05) is 6.92 Å². The molecule has 112 valence electrons. The van der Waals surface area contributed by atoms with Crippen molar-refractivity contribution in [2.75, 3.05) is 0 Å². The van der Waals surface area contributed by atoms with E-state index in [1.165, 1.54) is 0 Å². The first kappa shape index (κ1) is 15.4. The van der Waals surface area contributed by atoms with Crippen molar-refractivity contribution in [2.45, 2.75) is 59.4 Å². The summed E-state index contributed by atoms with van der Waals surface area (Å²) in [5.41, 5.74) is -3.13. The lowest BCUT2D eigenvalue weighted by molar-refractivity contribution is -0.464. The third-order valence-electron chi connectivity index (χ3n) is 4.66. The zero-order valence-corrected chi connectivity index (χ0v) is 12.9. The van der Waals surface area contributed by atoms with Crippen molar-refractivity contribution < 1.29 is 24.5 Å². The molecular formula is C15H22O5. The van der Waals surface area contributed by atoms with E-state index in [1.807, 2.05) is 6.92 Å². The van der Waals surface area contributed by atoms with E-state index >= 15 is 0 Å². The minimum atomic E-state index is -2.04. The van der Waals surface area contributed by atoms with Gasteiger partial charge in [-0.25, -0.2) is 4.89 Å². The Morgan fingerprint density at radius 3 is 2.15 bits per heavy atom. The monoisotopic (exact) mass is 282 g/mol. The molecule has 2 rings (SSSR count). The summed E-state index contributed by atoms with van der Waals surface area (Å²) < 4.78 is 0. The second-order valence-corrected chi connectivity index (χ2v) is 6.94. The summed E-state index contributed by atoms with van der Waals surface area (Å²) in [5.74, 6) is -2.81. The lowest BCUT2D eigenvalue weighted by atomic mass is 9.57. The standard InChI is InChI=1S/C15H22O5/c1-7-14(6)8-9-10(16)12(2,3)11(17)13(4,5)15(9,18)20-19-14/h8,18H,7H2,1-6H3/t14-,15+/m0/s1. The van der Waals surface area contributed by atoms with Crippen LogP contribution in [0.5, 0.6) is 0 Å². The quantitative estimate of drug-likeness (QED) is 0.587. The van der Waals surface area contributed by atoms with Crippen LogP contribution in [-0.2, 0) is 19.4 Å². The Labute approximate surface area is 118 Å². The zero-order chi connectivity index (χ0) is 15.6. The molecule has 1 aliphatic heterocycles. The Morgan fingerprint density at radius 1 is 1.10 bits per heavy atom. The van der Waals surface area contributed by atoms with E-state index in [2.05, 4.69) is 0 Å². The molecule has 1 N–H and O–H groups in total. The van der Waals surface area contributed by atoms with Crippen LogP contribution >= 0.6 is 0 Å². The van der Waals surface area contributed by atoms with Gasteiger partial charge in [0.25, 0.3) is 0 Å². The highest BCUT2D eigenvalue weighted by Crippen LogP contribution is 2.53. The maximum atomic E-state index is 12.6. The number of fused-ring (bicyclic) bond motifs is 1. The van der Waals surface area contributed by atoms with Crippen LogP contribution in [0.25, 0.3) is 0 Å².